The van der Waals surface area contributed by atoms with Crippen LogP contribution in [0.2, 0.25) is 0 Å². The number of nitrogens with one attached hydrogen (secondary N) is 1. The molecule has 0 spiro atoms. The number of carbonyl (C=O) groups excluding carboxylic acids is 2. The average molecular weight is 297 g/mol. The van der Waals surface area contributed by atoms with Gasteiger partial charge in [0.15, 0.2) is 0 Å². The molecule has 122 valence electrons. The monoisotopic (exact) mass is 297 g/mol. The first-order chi connectivity index (χ1) is 10.2. The number of nitrogens with zero attached hydrogens (tertiary/aromatic N) is 1. The van der Waals surface area contributed by atoms with Crippen LogP contribution in [0, 0.1) is 0 Å². The molecule has 5 nitrogen and oxygen atoms in total. The molecular weight excluding hydrogens is 266 g/mol. The van der Waals surface area contributed by atoms with Crippen LogP contribution in [0.5, 0.6) is 0 Å². The van der Waals surface area contributed by atoms with Crippen LogP contribution in [-0.2, 0) is 9.59 Å². The van der Waals surface area contributed by atoms with Gasteiger partial charge in [-0.25, -0.2) is 0 Å². The molecule has 3 N–H and O–H groups in total. The Labute approximate surface area is 128 Å². The summed E-state index contributed by atoms with van der Waals surface area (Å²) in [6.45, 7) is 4.09. The van der Waals surface area contributed by atoms with E-state index in [1.165, 1.54) is 19.3 Å². The molecule has 0 aliphatic carbocycles. The SMILES string of the molecule is CCCCCCCC(=O)N1CCC[C@H]1C(=O)NCCCN. The minimum absolute atomic E-state index is 0.0136. The number of unbranched alkanes of at least 4 members (excludes halogenated alkanes) is 4. The van der Waals surface area contributed by atoms with Crippen molar-refractivity contribution in [2.75, 3.05) is 19.6 Å². The van der Waals surface area contributed by atoms with E-state index in [-0.39, 0.29) is 17.9 Å². The van der Waals surface area contributed by atoms with Crippen molar-refractivity contribution in [1.82, 2.24) is 10.2 Å². The van der Waals surface area contributed by atoms with E-state index in [1.54, 1.807) is 4.90 Å². The Hall–Kier alpha value is -1.10. The van der Waals surface area contributed by atoms with Gasteiger partial charge in [-0.15, -0.1) is 0 Å². The Morgan fingerprint density at radius 3 is 2.67 bits per heavy atom. The molecule has 0 unspecified atom stereocenters. The third kappa shape index (κ3) is 6.46. The second-order valence-corrected chi connectivity index (χ2v) is 5.84. The fourth-order valence-electron chi connectivity index (χ4n) is 2.79. The van der Waals surface area contributed by atoms with Crippen LogP contribution in [0.15, 0.2) is 0 Å². The number of carbonyl (C=O) groups is 2. The second-order valence-electron chi connectivity index (χ2n) is 5.84. The zero-order chi connectivity index (χ0) is 15.5. The molecule has 1 saturated heterocycles. The van der Waals surface area contributed by atoms with E-state index < -0.39 is 0 Å². The highest BCUT2D eigenvalue weighted by atomic mass is 16.2. The van der Waals surface area contributed by atoms with Gasteiger partial charge in [-0.05, 0) is 32.2 Å². The van der Waals surface area contributed by atoms with Gasteiger partial charge < -0.3 is 16.0 Å². The number of hydrogen-bond donors (Lipinski definition) is 2. The van der Waals surface area contributed by atoms with Gasteiger partial charge >= 0.3 is 0 Å². The molecule has 1 rings (SSSR count). The molecule has 0 bridgehead atoms. The highest BCUT2D eigenvalue weighted by molar-refractivity contribution is 5.88. The first kappa shape index (κ1) is 18.0. The van der Waals surface area contributed by atoms with Crippen molar-refractivity contribution in [2.45, 2.75) is 70.8 Å². The molecule has 1 atom stereocenters. The maximum atomic E-state index is 12.2. The predicted molar refractivity (Wildman–Crippen MR) is 84.8 cm³/mol. The third-order valence-corrected chi connectivity index (χ3v) is 4.05. The van der Waals surface area contributed by atoms with E-state index in [2.05, 4.69) is 12.2 Å². The van der Waals surface area contributed by atoms with Crippen molar-refractivity contribution in [2.24, 2.45) is 5.73 Å². The molecule has 0 saturated carbocycles. The lowest BCUT2D eigenvalue weighted by molar-refractivity contribution is -0.138. The van der Waals surface area contributed by atoms with Gasteiger partial charge in [0, 0.05) is 19.5 Å². The molecule has 1 aliphatic rings. The van der Waals surface area contributed by atoms with Crippen LogP contribution in [0.1, 0.15) is 64.7 Å². The van der Waals surface area contributed by atoms with Crippen molar-refractivity contribution in [1.29, 1.82) is 0 Å². The topological polar surface area (TPSA) is 75.4 Å². The maximum Gasteiger partial charge on any atom is 0.242 e. The number of rotatable bonds is 10. The summed E-state index contributed by atoms with van der Waals surface area (Å²) in [7, 11) is 0. The van der Waals surface area contributed by atoms with Gasteiger partial charge in [-0.3, -0.25) is 9.59 Å². The van der Waals surface area contributed by atoms with Gasteiger partial charge in [0.2, 0.25) is 11.8 Å². The van der Waals surface area contributed by atoms with Crippen LogP contribution in [0.4, 0.5) is 0 Å². The Morgan fingerprint density at radius 1 is 1.19 bits per heavy atom. The highest BCUT2D eigenvalue weighted by Gasteiger charge is 2.33. The molecule has 1 aliphatic heterocycles. The van der Waals surface area contributed by atoms with E-state index in [1.807, 2.05) is 0 Å². The van der Waals surface area contributed by atoms with E-state index in [0.29, 0.717) is 19.5 Å². The molecule has 0 radical (unpaired) electrons. The Bertz CT molecular complexity index is 321. The minimum Gasteiger partial charge on any atom is -0.354 e. The fraction of sp³-hybridized carbons (Fsp3) is 0.875. The largest absolute Gasteiger partial charge is 0.354 e. The van der Waals surface area contributed by atoms with Crippen LogP contribution < -0.4 is 11.1 Å². The van der Waals surface area contributed by atoms with Crippen LogP contribution in [-0.4, -0.2) is 42.4 Å². The lowest BCUT2D eigenvalue weighted by Crippen LogP contribution is -2.46. The van der Waals surface area contributed by atoms with Gasteiger partial charge in [-0.2, -0.15) is 0 Å². The first-order valence-electron chi connectivity index (χ1n) is 8.48. The highest BCUT2D eigenvalue weighted by Crippen LogP contribution is 2.19. The molecule has 1 heterocycles. The first-order valence-corrected chi connectivity index (χ1v) is 8.48. The lowest BCUT2D eigenvalue weighted by atomic mass is 10.1. The van der Waals surface area contributed by atoms with Crippen molar-refractivity contribution in [3.63, 3.8) is 0 Å². The summed E-state index contributed by atoms with van der Waals surface area (Å²) in [5.41, 5.74) is 5.42. The zero-order valence-corrected chi connectivity index (χ0v) is 13.4. The summed E-state index contributed by atoms with van der Waals surface area (Å²) in [6.07, 6.45) is 8.78. The quantitative estimate of drug-likeness (QED) is 0.604. The fourth-order valence-corrected chi connectivity index (χ4v) is 2.79. The van der Waals surface area contributed by atoms with Gasteiger partial charge in [0.25, 0.3) is 0 Å². The van der Waals surface area contributed by atoms with E-state index in [4.69, 9.17) is 5.73 Å². The van der Waals surface area contributed by atoms with Crippen molar-refractivity contribution >= 4 is 11.8 Å². The average Bonchev–Trinajstić information content (AvgIpc) is 2.96. The normalized spacial score (nSPS) is 18.0. The summed E-state index contributed by atoms with van der Waals surface area (Å²) in [5, 5.41) is 2.88. The molecular formula is C16H31N3O2. The molecule has 5 heteroatoms. The van der Waals surface area contributed by atoms with E-state index in [0.717, 1.165) is 38.6 Å². The number of likely N-dealkylation sites (tertiary alicyclic amines) is 1. The molecule has 0 aromatic rings. The van der Waals surface area contributed by atoms with E-state index in [9.17, 15) is 9.59 Å². The predicted octanol–water partition coefficient (Wildman–Crippen LogP) is 1.80. The van der Waals surface area contributed by atoms with E-state index >= 15 is 0 Å². The van der Waals surface area contributed by atoms with Crippen LogP contribution >= 0.6 is 0 Å². The Balaban J connectivity index is 2.30. The van der Waals surface area contributed by atoms with Crippen molar-refractivity contribution < 1.29 is 9.59 Å². The minimum atomic E-state index is -0.258. The molecule has 0 aromatic carbocycles. The third-order valence-electron chi connectivity index (χ3n) is 4.05. The summed E-state index contributed by atoms with van der Waals surface area (Å²) >= 11 is 0. The van der Waals surface area contributed by atoms with Crippen molar-refractivity contribution in [3.8, 4) is 0 Å². The van der Waals surface area contributed by atoms with Crippen molar-refractivity contribution in [3.05, 3.63) is 0 Å². The van der Waals surface area contributed by atoms with Crippen LogP contribution in [0.3, 0.4) is 0 Å². The molecule has 21 heavy (non-hydrogen) atoms. The van der Waals surface area contributed by atoms with Gasteiger partial charge in [0.05, 0.1) is 0 Å². The number of hydrogen-bond acceptors (Lipinski definition) is 3. The smallest absolute Gasteiger partial charge is 0.242 e. The molecule has 1 fully saturated rings. The molecule has 0 aromatic heterocycles. The second kappa shape index (κ2) is 10.6. The summed E-state index contributed by atoms with van der Waals surface area (Å²) in [4.78, 5) is 26.1. The summed E-state index contributed by atoms with van der Waals surface area (Å²) in [6, 6.07) is -0.258. The van der Waals surface area contributed by atoms with Gasteiger partial charge in [-0.1, -0.05) is 32.6 Å². The maximum absolute atomic E-state index is 12.2. The number of amides is 2. The zero-order valence-electron chi connectivity index (χ0n) is 13.4. The standard InChI is InChI=1S/C16H31N3O2/c1-2-3-4-5-6-10-15(20)19-13-7-9-14(19)16(21)18-12-8-11-17/h14H,2-13,17H2,1H3,(H,18,21)/t14-/m0/s1. The lowest BCUT2D eigenvalue weighted by Gasteiger charge is -2.24. The van der Waals surface area contributed by atoms with Crippen LogP contribution in [0.25, 0.3) is 0 Å². The number of nitrogens with two attached hydrogens (primary N) is 1. The Kier molecular flexibility index (Phi) is 9.06. The summed E-state index contributed by atoms with van der Waals surface area (Å²) < 4.78 is 0. The molecule has 2 amide bonds. The Morgan fingerprint density at radius 2 is 1.95 bits per heavy atom. The van der Waals surface area contributed by atoms with Gasteiger partial charge in [0.1, 0.15) is 6.04 Å². The summed E-state index contributed by atoms with van der Waals surface area (Å²) in [5.74, 6) is 0.128.